The summed E-state index contributed by atoms with van der Waals surface area (Å²) in [6, 6.07) is 0.576. The Morgan fingerprint density at radius 2 is 2.36 bits per heavy atom. The lowest BCUT2D eigenvalue weighted by Crippen LogP contribution is -2.27. The number of aryl methyl sites for hydroxylation is 1. The molecule has 0 atom stereocenters. The molecule has 2 rings (SSSR count). The second-order valence-corrected chi connectivity index (χ2v) is 2.91. The second kappa shape index (κ2) is 2.53. The van der Waals surface area contributed by atoms with E-state index in [9.17, 15) is 0 Å². The van der Waals surface area contributed by atoms with Crippen LogP contribution in [0.4, 0.5) is 5.95 Å². The highest BCUT2D eigenvalue weighted by molar-refractivity contribution is 5.24. The summed E-state index contributed by atoms with van der Waals surface area (Å²) in [5.74, 6) is 1.25. The van der Waals surface area contributed by atoms with Gasteiger partial charge < -0.3 is 9.84 Å². The van der Waals surface area contributed by atoms with Gasteiger partial charge in [-0.05, 0) is 24.4 Å². The molecule has 0 aromatic carbocycles. The minimum Gasteiger partial charge on any atom is -0.349 e. The molecule has 1 saturated carbocycles. The van der Waals surface area contributed by atoms with Crippen molar-refractivity contribution in [3.8, 4) is 0 Å². The fraction of sp³-hybridized carbons (Fsp3) is 0.714. The molecular formula is C7H11N3O. The van der Waals surface area contributed by atoms with Crippen molar-refractivity contribution < 1.29 is 4.52 Å². The van der Waals surface area contributed by atoms with Crippen molar-refractivity contribution in [3.63, 3.8) is 0 Å². The van der Waals surface area contributed by atoms with Gasteiger partial charge in [0.05, 0.1) is 0 Å². The lowest BCUT2D eigenvalue weighted by atomic mass is 9.93. The average Bonchev–Trinajstić information content (AvgIpc) is 2.27. The minimum absolute atomic E-state index is 0.576. The first-order valence-electron chi connectivity index (χ1n) is 3.91. The predicted octanol–water partition coefficient (Wildman–Crippen LogP) is 1.34. The fourth-order valence-electron chi connectivity index (χ4n) is 1.09. The van der Waals surface area contributed by atoms with Gasteiger partial charge in [0.25, 0.3) is 5.95 Å². The molecule has 0 bridgehead atoms. The van der Waals surface area contributed by atoms with E-state index < -0.39 is 0 Å². The van der Waals surface area contributed by atoms with Gasteiger partial charge in [-0.2, -0.15) is 4.98 Å². The number of nitrogens with zero attached hydrogens (tertiary/aromatic N) is 2. The highest BCUT2D eigenvalue weighted by Gasteiger charge is 2.18. The molecule has 1 aliphatic carbocycles. The molecule has 1 aliphatic rings. The zero-order valence-corrected chi connectivity index (χ0v) is 6.50. The van der Waals surface area contributed by atoms with Crippen molar-refractivity contribution in [1.82, 2.24) is 10.1 Å². The SMILES string of the molecule is Cc1nc(NC2CCC2)no1. The van der Waals surface area contributed by atoms with Crippen molar-refractivity contribution >= 4 is 5.95 Å². The van der Waals surface area contributed by atoms with Crippen LogP contribution < -0.4 is 5.32 Å². The van der Waals surface area contributed by atoms with Gasteiger partial charge >= 0.3 is 0 Å². The van der Waals surface area contributed by atoms with Gasteiger partial charge in [0.1, 0.15) is 0 Å². The molecule has 60 valence electrons. The van der Waals surface area contributed by atoms with Crippen LogP contribution in [-0.2, 0) is 0 Å². The lowest BCUT2D eigenvalue weighted by Gasteiger charge is -2.25. The van der Waals surface area contributed by atoms with E-state index in [4.69, 9.17) is 4.52 Å². The van der Waals surface area contributed by atoms with Crippen LogP contribution in [0.2, 0.25) is 0 Å². The maximum atomic E-state index is 4.81. The quantitative estimate of drug-likeness (QED) is 0.696. The molecule has 1 fully saturated rings. The molecule has 1 aromatic heterocycles. The molecule has 0 saturated heterocycles. The van der Waals surface area contributed by atoms with E-state index >= 15 is 0 Å². The molecule has 1 aromatic rings. The van der Waals surface area contributed by atoms with Gasteiger partial charge in [-0.25, -0.2) is 0 Å². The fourth-order valence-corrected chi connectivity index (χ4v) is 1.09. The normalized spacial score (nSPS) is 17.9. The molecular weight excluding hydrogens is 142 g/mol. The first kappa shape index (κ1) is 6.64. The van der Waals surface area contributed by atoms with Crippen molar-refractivity contribution in [2.45, 2.75) is 32.2 Å². The van der Waals surface area contributed by atoms with Crippen LogP contribution in [0.15, 0.2) is 4.52 Å². The van der Waals surface area contributed by atoms with E-state index in [2.05, 4.69) is 15.5 Å². The monoisotopic (exact) mass is 153 g/mol. The summed E-state index contributed by atoms with van der Waals surface area (Å²) in [6.07, 6.45) is 3.77. The van der Waals surface area contributed by atoms with Gasteiger partial charge in [-0.1, -0.05) is 0 Å². The van der Waals surface area contributed by atoms with Crippen LogP contribution in [0.3, 0.4) is 0 Å². The summed E-state index contributed by atoms with van der Waals surface area (Å²) in [7, 11) is 0. The number of nitrogens with one attached hydrogen (secondary N) is 1. The Morgan fingerprint density at radius 3 is 2.82 bits per heavy atom. The predicted molar refractivity (Wildman–Crippen MR) is 40.3 cm³/mol. The molecule has 11 heavy (non-hydrogen) atoms. The Hall–Kier alpha value is -1.06. The van der Waals surface area contributed by atoms with Gasteiger partial charge in [-0.15, -0.1) is 0 Å². The van der Waals surface area contributed by atoms with Crippen molar-refractivity contribution in [2.24, 2.45) is 0 Å². The minimum atomic E-state index is 0.576. The summed E-state index contributed by atoms with van der Waals surface area (Å²) in [5.41, 5.74) is 0. The number of rotatable bonds is 2. The van der Waals surface area contributed by atoms with Crippen LogP contribution in [0, 0.1) is 6.92 Å². The van der Waals surface area contributed by atoms with Crippen molar-refractivity contribution in [1.29, 1.82) is 0 Å². The van der Waals surface area contributed by atoms with Crippen molar-refractivity contribution in [2.75, 3.05) is 5.32 Å². The highest BCUT2D eigenvalue weighted by atomic mass is 16.5. The summed E-state index contributed by atoms with van der Waals surface area (Å²) in [4.78, 5) is 4.04. The number of anilines is 1. The third-order valence-corrected chi connectivity index (χ3v) is 1.97. The average molecular weight is 153 g/mol. The molecule has 4 heteroatoms. The third-order valence-electron chi connectivity index (χ3n) is 1.97. The third kappa shape index (κ3) is 1.34. The topological polar surface area (TPSA) is 51.0 Å². The van der Waals surface area contributed by atoms with Crippen LogP contribution in [0.25, 0.3) is 0 Å². The van der Waals surface area contributed by atoms with Gasteiger partial charge in [0.15, 0.2) is 0 Å². The molecule has 1 heterocycles. The van der Waals surface area contributed by atoms with E-state index in [0.29, 0.717) is 17.9 Å². The number of hydrogen-bond acceptors (Lipinski definition) is 4. The largest absolute Gasteiger partial charge is 0.349 e. The molecule has 0 radical (unpaired) electrons. The first-order chi connectivity index (χ1) is 5.34. The zero-order valence-electron chi connectivity index (χ0n) is 6.50. The molecule has 4 nitrogen and oxygen atoms in total. The molecule has 0 spiro atoms. The Balaban J connectivity index is 1.95. The maximum absolute atomic E-state index is 4.81. The smallest absolute Gasteiger partial charge is 0.263 e. The lowest BCUT2D eigenvalue weighted by molar-refractivity contribution is 0.390. The molecule has 1 N–H and O–H groups in total. The van der Waals surface area contributed by atoms with E-state index in [1.54, 1.807) is 6.92 Å². The van der Waals surface area contributed by atoms with Gasteiger partial charge in [-0.3, -0.25) is 0 Å². The van der Waals surface area contributed by atoms with Crippen LogP contribution >= 0.6 is 0 Å². The van der Waals surface area contributed by atoms with Gasteiger partial charge in [0, 0.05) is 13.0 Å². The Morgan fingerprint density at radius 1 is 1.55 bits per heavy atom. The maximum Gasteiger partial charge on any atom is 0.263 e. The van der Waals surface area contributed by atoms with E-state index in [0.717, 1.165) is 0 Å². The van der Waals surface area contributed by atoms with Gasteiger partial charge in [0.2, 0.25) is 5.89 Å². The van der Waals surface area contributed by atoms with E-state index in [1.807, 2.05) is 0 Å². The van der Waals surface area contributed by atoms with Crippen LogP contribution in [0.1, 0.15) is 25.2 Å². The first-order valence-corrected chi connectivity index (χ1v) is 3.91. The molecule has 0 amide bonds. The van der Waals surface area contributed by atoms with E-state index in [1.165, 1.54) is 19.3 Å². The Labute approximate surface area is 65.0 Å². The standard InChI is InChI=1S/C7H11N3O/c1-5-8-7(10-11-5)9-6-3-2-4-6/h6H,2-4H2,1H3,(H,9,10). The van der Waals surface area contributed by atoms with Crippen LogP contribution in [-0.4, -0.2) is 16.2 Å². The molecule has 0 aliphatic heterocycles. The Kier molecular flexibility index (Phi) is 1.52. The summed E-state index contributed by atoms with van der Waals surface area (Å²) < 4.78 is 4.81. The van der Waals surface area contributed by atoms with E-state index in [-0.39, 0.29) is 0 Å². The summed E-state index contributed by atoms with van der Waals surface area (Å²) in [6.45, 7) is 1.79. The summed E-state index contributed by atoms with van der Waals surface area (Å²) >= 11 is 0. The highest BCUT2D eigenvalue weighted by Crippen LogP contribution is 2.21. The summed E-state index contributed by atoms with van der Waals surface area (Å²) in [5, 5.41) is 6.92. The second-order valence-electron chi connectivity index (χ2n) is 2.91. The molecule has 0 unspecified atom stereocenters. The Bertz CT molecular complexity index is 242. The zero-order chi connectivity index (χ0) is 7.68. The van der Waals surface area contributed by atoms with Crippen molar-refractivity contribution in [3.05, 3.63) is 5.89 Å². The van der Waals surface area contributed by atoms with Crippen LogP contribution in [0.5, 0.6) is 0 Å². The number of aromatic nitrogens is 2. The number of hydrogen-bond donors (Lipinski definition) is 1.